The molecule has 3 heterocycles. The van der Waals surface area contributed by atoms with Crippen molar-refractivity contribution >= 4 is 28.5 Å². The topological polar surface area (TPSA) is 95.4 Å². The Morgan fingerprint density at radius 3 is 2.80 bits per heavy atom. The molecule has 5 atom stereocenters. The summed E-state index contributed by atoms with van der Waals surface area (Å²) in [7, 11) is 0. The second-order valence-electron chi connectivity index (χ2n) is 8.37. The highest BCUT2D eigenvalue weighted by atomic mass is 35.5. The van der Waals surface area contributed by atoms with E-state index in [-0.39, 0.29) is 29.2 Å². The van der Waals surface area contributed by atoms with Crippen LogP contribution in [-0.2, 0) is 9.47 Å². The quantitative estimate of drug-likeness (QED) is 0.656. The molecule has 0 spiro atoms. The largest absolute Gasteiger partial charge is 0.388 e. The lowest BCUT2D eigenvalue weighted by molar-refractivity contribution is -0.165. The monoisotopic (exact) mass is 432 g/mol. The van der Waals surface area contributed by atoms with E-state index >= 15 is 0 Å². The molecule has 2 fully saturated rings. The van der Waals surface area contributed by atoms with Gasteiger partial charge in [-0.3, -0.25) is 0 Å². The minimum absolute atomic E-state index is 0.0193. The lowest BCUT2D eigenvalue weighted by atomic mass is 9.92. The fourth-order valence-corrected chi connectivity index (χ4v) is 4.89. The summed E-state index contributed by atoms with van der Waals surface area (Å²) < 4.78 is 28.4. The molecule has 1 unspecified atom stereocenters. The number of hydrogen-bond acceptors (Lipinski definition) is 6. The number of aliphatic hydroxyl groups excluding tert-OH is 1. The number of anilines is 1. The van der Waals surface area contributed by atoms with E-state index in [1.807, 2.05) is 30.7 Å². The zero-order valence-corrected chi connectivity index (χ0v) is 17.3. The molecule has 3 aromatic rings. The van der Waals surface area contributed by atoms with Gasteiger partial charge in [-0.2, -0.15) is 0 Å². The molecule has 0 radical (unpaired) electrons. The summed E-state index contributed by atoms with van der Waals surface area (Å²) in [5.41, 5.74) is 7.15. The number of benzene rings is 1. The first kappa shape index (κ1) is 19.7. The van der Waals surface area contributed by atoms with Crippen LogP contribution in [0.4, 0.5) is 10.2 Å². The standard InChI is InChI=1S/C21H22ClFN4O3/c1-21(2)29-17-12(16(28)10-3-4-13(22)14(23)7-10)8-15(18(17)30-21)27-6-5-11-19(24)25-9-26-20(11)27/h3-7,9,12,15-18,28H,8H2,1-2H3,(H2,24,25,26)/t12-,15-,16?,17-,18+/m1/s1. The second kappa shape index (κ2) is 6.88. The summed E-state index contributed by atoms with van der Waals surface area (Å²) in [6.45, 7) is 3.70. The summed E-state index contributed by atoms with van der Waals surface area (Å²) in [4.78, 5) is 8.44. The van der Waals surface area contributed by atoms with Crippen molar-refractivity contribution in [2.45, 2.75) is 50.4 Å². The third-order valence-electron chi connectivity index (χ3n) is 6.07. The first-order chi connectivity index (χ1) is 14.2. The molecule has 1 aliphatic heterocycles. The van der Waals surface area contributed by atoms with Gasteiger partial charge in [0, 0.05) is 12.1 Å². The molecule has 1 saturated carbocycles. The molecule has 30 heavy (non-hydrogen) atoms. The van der Waals surface area contributed by atoms with E-state index < -0.39 is 17.7 Å². The molecule has 7 nitrogen and oxygen atoms in total. The molecule has 2 aromatic heterocycles. The van der Waals surface area contributed by atoms with Gasteiger partial charge in [0.1, 0.15) is 29.7 Å². The number of ether oxygens (including phenoxy) is 2. The zero-order chi connectivity index (χ0) is 21.2. The predicted octanol–water partition coefficient (Wildman–Crippen LogP) is 3.62. The molecule has 9 heteroatoms. The number of halogens is 2. The Kier molecular flexibility index (Phi) is 4.52. The van der Waals surface area contributed by atoms with Crippen LogP contribution in [0.2, 0.25) is 5.02 Å². The van der Waals surface area contributed by atoms with Gasteiger partial charge in [0.2, 0.25) is 0 Å². The molecule has 0 bridgehead atoms. The van der Waals surface area contributed by atoms with E-state index in [1.165, 1.54) is 18.5 Å². The fourth-order valence-electron chi connectivity index (χ4n) is 4.78. The number of aromatic nitrogens is 3. The predicted molar refractivity (Wildman–Crippen MR) is 109 cm³/mol. The first-order valence-corrected chi connectivity index (χ1v) is 10.2. The normalized spacial score (nSPS) is 28.7. The van der Waals surface area contributed by atoms with Gasteiger partial charge in [0.25, 0.3) is 0 Å². The maximum absolute atomic E-state index is 14.0. The highest BCUT2D eigenvalue weighted by Crippen LogP contribution is 2.51. The maximum atomic E-state index is 14.0. The molecule has 1 saturated heterocycles. The van der Waals surface area contributed by atoms with Crippen LogP contribution in [-0.4, -0.2) is 37.6 Å². The average molecular weight is 433 g/mol. The van der Waals surface area contributed by atoms with Gasteiger partial charge in [-0.15, -0.1) is 0 Å². The molecule has 0 amide bonds. The number of nitrogen functional groups attached to an aromatic ring is 1. The van der Waals surface area contributed by atoms with Gasteiger partial charge < -0.3 is 24.9 Å². The first-order valence-electron chi connectivity index (χ1n) is 9.81. The van der Waals surface area contributed by atoms with Crippen LogP contribution in [0.15, 0.2) is 36.8 Å². The zero-order valence-electron chi connectivity index (χ0n) is 16.5. The van der Waals surface area contributed by atoms with Gasteiger partial charge in [-0.25, -0.2) is 14.4 Å². The second-order valence-corrected chi connectivity index (χ2v) is 8.78. The van der Waals surface area contributed by atoms with Crippen molar-refractivity contribution < 1.29 is 19.0 Å². The Balaban J connectivity index is 1.54. The SMILES string of the molecule is CC1(C)O[C@@H]2[C@H](O1)[C@@H](C(O)c1ccc(Cl)c(F)c1)C[C@H]2n1ccc2c(N)ncnc21. The average Bonchev–Trinajstić information content (AvgIpc) is 3.34. The van der Waals surface area contributed by atoms with Gasteiger partial charge in [-0.1, -0.05) is 17.7 Å². The molecule has 2 aliphatic rings. The van der Waals surface area contributed by atoms with Gasteiger partial charge in [-0.05, 0) is 44.0 Å². The number of rotatable bonds is 3. The summed E-state index contributed by atoms with van der Waals surface area (Å²) in [5.74, 6) is -1.26. The van der Waals surface area contributed by atoms with Crippen molar-refractivity contribution in [1.82, 2.24) is 14.5 Å². The van der Waals surface area contributed by atoms with Gasteiger partial charge >= 0.3 is 0 Å². The third-order valence-corrected chi connectivity index (χ3v) is 6.37. The molecule has 1 aliphatic carbocycles. The molecular formula is C21H22ClFN4O3. The van der Waals surface area contributed by atoms with Gasteiger partial charge in [0.05, 0.1) is 28.7 Å². The Bertz CT molecular complexity index is 1120. The van der Waals surface area contributed by atoms with Crippen LogP contribution in [0.25, 0.3) is 11.0 Å². The Morgan fingerprint density at radius 2 is 2.03 bits per heavy atom. The van der Waals surface area contributed by atoms with E-state index in [0.29, 0.717) is 23.4 Å². The Hall–Kier alpha value is -2.26. The van der Waals surface area contributed by atoms with Crippen LogP contribution >= 0.6 is 11.6 Å². The van der Waals surface area contributed by atoms with E-state index in [4.69, 9.17) is 26.8 Å². The van der Waals surface area contributed by atoms with Crippen molar-refractivity contribution in [3.63, 3.8) is 0 Å². The summed E-state index contributed by atoms with van der Waals surface area (Å²) in [5, 5.41) is 11.9. The lowest BCUT2D eigenvalue weighted by Gasteiger charge is -2.27. The smallest absolute Gasteiger partial charge is 0.163 e. The van der Waals surface area contributed by atoms with Crippen LogP contribution in [0.1, 0.15) is 38.0 Å². The number of nitrogens with zero attached hydrogens (tertiary/aromatic N) is 3. The molecule has 5 rings (SSSR count). The van der Waals surface area contributed by atoms with Crippen LogP contribution in [0, 0.1) is 11.7 Å². The van der Waals surface area contributed by atoms with Crippen LogP contribution in [0.3, 0.4) is 0 Å². The summed E-state index contributed by atoms with van der Waals surface area (Å²) in [6.07, 6.45) is 2.29. The minimum Gasteiger partial charge on any atom is -0.388 e. The maximum Gasteiger partial charge on any atom is 0.163 e. The highest BCUT2D eigenvalue weighted by molar-refractivity contribution is 6.30. The Morgan fingerprint density at radius 1 is 1.27 bits per heavy atom. The van der Waals surface area contributed by atoms with Crippen molar-refractivity contribution in [1.29, 1.82) is 0 Å². The minimum atomic E-state index is -0.937. The van der Waals surface area contributed by atoms with Crippen LogP contribution in [0.5, 0.6) is 0 Å². The number of nitrogens with two attached hydrogens (primary N) is 1. The molecule has 3 N–H and O–H groups in total. The number of fused-ring (bicyclic) bond motifs is 2. The van der Waals surface area contributed by atoms with E-state index in [2.05, 4.69) is 9.97 Å². The van der Waals surface area contributed by atoms with Crippen LogP contribution < -0.4 is 5.73 Å². The molecule has 158 valence electrons. The summed E-state index contributed by atoms with van der Waals surface area (Å²) in [6, 6.07) is 6.10. The van der Waals surface area contributed by atoms with Crippen molar-refractivity contribution in [2.24, 2.45) is 5.92 Å². The van der Waals surface area contributed by atoms with E-state index in [0.717, 1.165) is 5.39 Å². The number of aliphatic hydroxyl groups is 1. The molecular weight excluding hydrogens is 411 g/mol. The van der Waals surface area contributed by atoms with Crippen molar-refractivity contribution in [3.8, 4) is 0 Å². The van der Waals surface area contributed by atoms with E-state index in [9.17, 15) is 9.50 Å². The van der Waals surface area contributed by atoms with Crippen molar-refractivity contribution in [3.05, 3.63) is 53.2 Å². The van der Waals surface area contributed by atoms with Gasteiger partial charge in [0.15, 0.2) is 5.79 Å². The highest BCUT2D eigenvalue weighted by Gasteiger charge is 2.56. The summed E-state index contributed by atoms with van der Waals surface area (Å²) >= 11 is 5.80. The number of hydrogen-bond donors (Lipinski definition) is 2. The molecule has 1 aromatic carbocycles. The Labute approximate surface area is 177 Å². The van der Waals surface area contributed by atoms with E-state index in [1.54, 1.807) is 6.07 Å². The third kappa shape index (κ3) is 3.06. The lowest BCUT2D eigenvalue weighted by Crippen LogP contribution is -2.29. The van der Waals surface area contributed by atoms with Crippen molar-refractivity contribution in [2.75, 3.05) is 5.73 Å². The fraction of sp³-hybridized carbons (Fsp3) is 0.429.